The Labute approximate surface area is 627 Å². The SMILES string of the molecule is Cc1ccc2c(c1)C(c1ccccc1)(c1ccccc1)c1cc(N(c3ccc(-c4ccc(N(c5ccc6c(c5)-c5ccccc5C65c6ccccc6-c6ccccc65)c5ccc6c(c5)C(C)(C)c5ccccc5-6)cc4)c(C)c3)c3ccc4c(c3)C(c3ccccc3)(c3ccccc3)c3cc(C)ccc3-4)ccc1-2. The van der Waals surface area contributed by atoms with Gasteiger partial charge in [-0.3, -0.25) is 0 Å². The van der Waals surface area contributed by atoms with Crippen LogP contribution < -0.4 is 9.80 Å². The minimum Gasteiger partial charge on any atom is -0.310 e. The summed E-state index contributed by atoms with van der Waals surface area (Å²) < 4.78 is 0. The highest BCUT2D eigenvalue weighted by molar-refractivity contribution is 5.98. The van der Waals surface area contributed by atoms with Gasteiger partial charge in [0.1, 0.15) is 0 Å². The standard InChI is InChI=1S/C105H76N2/c1-67-42-53-87-89-57-50-79(65-100(89)103(98(87)60-67,71-26-10-6-11-27-71)72-28-12-7-13-29-72)107(80-51-58-90-88-54-43-68(2)61-99(88)104(101(90)66-80,73-30-14-8-15-31-73)74-32-16-9-17-33-74)76-48-55-81(69(3)62-76)70-44-46-75(47-45-70)106(78-49-56-86-82-34-18-22-38-92(82)102(4,5)97(86)64-78)77-52-59-96-91(63-77)85-37-21-25-41-95(85)105(96)93-39-23-19-35-83(93)84-36-20-24-40-94(84)105/h6-66H,1-5H3. The van der Waals surface area contributed by atoms with Crippen molar-refractivity contribution in [2.75, 3.05) is 9.80 Å². The Kier molecular flexibility index (Phi) is 13.8. The van der Waals surface area contributed by atoms with Crippen LogP contribution in [0.3, 0.4) is 0 Å². The number of benzene rings is 16. The summed E-state index contributed by atoms with van der Waals surface area (Å²) in [6.45, 7) is 11.5. The molecule has 16 aromatic rings. The number of hydrogen-bond acceptors (Lipinski definition) is 2. The topological polar surface area (TPSA) is 6.48 Å². The zero-order valence-electron chi connectivity index (χ0n) is 60.6. The summed E-state index contributed by atoms with van der Waals surface area (Å²) in [5, 5.41) is 0. The predicted octanol–water partition coefficient (Wildman–Crippen LogP) is 26.6. The minimum absolute atomic E-state index is 0.190. The Bertz CT molecular complexity index is 6010. The third-order valence-electron chi connectivity index (χ3n) is 24.9. The van der Waals surface area contributed by atoms with Gasteiger partial charge in [-0.15, -0.1) is 0 Å². The number of rotatable bonds is 11. The van der Waals surface area contributed by atoms with Crippen LogP contribution in [0, 0.1) is 20.8 Å². The van der Waals surface area contributed by atoms with E-state index in [0.29, 0.717) is 0 Å². The molecule has 1 spiro atoms. The first kappa shape index (κ1) is 62.7. The zero-order chi connectivity index (χ0) is 71.5. The molecule has 0 bridgehead atoms. The first-order valence-corrected chi connectivity index (χ1v) is 37.8. The molecule has 0 amide bonds. The normalized spacial score (nSPS) is 14.5. The minimum atomic E-state index is -0.608. The van der Waals surface area contributed by atoms with E-state index >= 15 is 0 Å². The van der Waals surface area contributed by atoms with Gasteiger partial charge in [0.25, 0.3) is 0 Å². The maximum atomic E-state index is 2.54. The second-order valence-corrected chi connectivity index (χ2v) is 30.8. The van der Waals surface area contributed by atoms with Gasteiger partial charge in [0.15, 0.2) is 0 Å². The lowest BCUT2D eigenvalue weighted by Crippen LogP contribution is -2.29. The lowest BCUT2D eigenvalue weighted by atomic mass is 9.67. The maximum Gasteiger partial charge on any atom is 0.0725 e. The third kappa shape index (κ3) is 8.82. The molecule has 0 aromatic heterocycles. The third-order valence-corrected chi connectivity index (χ3v) is 24.9. The number of nitrogens with zero attached hydrogens (tertiary/aromatic N) is 2. The van der Waals surface area contributed by atoms with Crippen molar-refractivity contribution in [3.8, 4) is 66.8 Å². The van der Waals surface area contributed by atoms with Crippen LogP contribution in [0.1, 0.15) is 108 Å². The fourth-order valence-electron chi connectivity index (χ4n) is 20.3. The van der Waals surface area contributed by atoms with Crippen molar-refractivity contribution >= 4 is 34.1 Å². The Morgan fingerprint density at radius 3 is 0.916 bits per heavy atom. The van der Waals surface area contributed by atoms with E-state index in [2.05, 4.69) is 414 Å². The van der Waals surface area contributed by atoms with Gasteiger partial charge >= 0.3 is 0 Å². The van der Waals surface area contributed by atoms with Crippen LogP contribution in [0.5, 0.6) is 0 Å². The van der Waals surface area contributed by atoms with Crippen molar-refractivity contribution in [2.45, 2.75) is 56.3 Å². The summed E-state index contributed by atoms with van der Waals surface area (Å²) in [7, 11) is 0. The first-order valence-electron chi connectivity index (χ1n) is 37.8. The van der Waals surface area contributed by atoms with Gasteiger partial charge in [0, 0.05) is 39.5 Å². The molecule has 0 atom stereocenters. The summed E-state index contributed by atoms with van der Waals surface area (Å²) in [6, 6.07) is 141. The van der Waals surface area contributed by atoms with E-state index in [9.17, 15) is 0 Å². The molecule has 0 radical (unpaired) electrons. The fraction of sp³-hybridized carbons (Fsp3) is 0.0857. The summed E-state index contributed by atoms with van der Waals surface area (Å²) >= 11 is 0. The van der Waals surface area contributed by atoms with E-state index in [1.807, 2.05) is 0 Å². The summed E-state index contributed by atoms with van der Waals surface area (Å²) in [6.07, 6.45) is 0. The second kappa shape index (κ2) is 23.6. The summed E-state index contributed by atoms with van der Waals surface area (Å²) in [5.74, 6) is 0. The van der Waals surface area contributed by atoms with Gasteiger partial charge in [-0.25, -0.2) is 0 Å². The number of aryl methyl sites for hydroxylation is 3. The van der Waals surface area contributed by atoms with Gasteiger partial charge in [0.05, 0.1) is 16.2 Å². The molecule has 0 saturated carbocycles. The molecule has 0 fully saturated rings. The van der Waals surface area contributed by atoms with Crippen LogP contribution in [0.15, 0.2) is 370 Å². The highest BCUT2D eigenvalue weighted by Crippen LogP contribution is 2.65. The molecule has 16 aromatic carbocycles. The molecular formula is C105H76N2. The molecule has 0 aliphatic heterocycles. The number of hydrogen-bond donors (Lipinski definition) is 0. The van der Waals surface area contributed by atoms with Crippen LogP contribution in [0.4, 0.5) is 34.1 Å². The van der Waals surface area contributed by atoms with Gasteiger partial charge in [-0.1, -0.05) is 322 Å². The highest BCUT2D eigenvalue weighted by atomic mass is 15.1. The van der Waals surface area contributed by atoms with Crippen molar-refractivity contribution < 1.29 is 0 Å². The zero-order valence-corrected chi connectivity index (χ0v) is 60.6. The van der Waals surface area contributed by atoms with Crippen LogP contribution in [0.2, 0.25) is 0 Å². The van der Waals surface area contributed by atoms with Gasteiger partial charge < -0.3 is 9.80 Å². The molecule has 21 rings (SSSR count). The van der Waals surface area contributed by atoms with E-state index < -0.39 is 16.2 Å². The smallest absolute Gasteiger partial charge is 0.0725 e. The Morgan fingerprint density at radius 1 is 0.187 bits per heavy atom. The van der Waals surface area contributed by atoms with Crippen molar-refractivity contribution in [2.24, 2.45) is 0 Å². The summed E-state index contributed by atoms with van der Waals surface area (Å²) in [4.78, 5) is 5.04. The van der Waals surface area contributed by atoms with Crippen LogP contribution in [0.25, 0.3) is 66.8 Å². The van der Waals surface area contributed by atoms with E-state index in [-0.39, 0.29) is 5.41 Å². The highest BCUT2D eigenvalue weighted by Gasteiger charge is 2.53. The van der Waals surface area contributed by atoms with Crippen molar-refractivity contribution in [3.63, 3.8) is 0 Å². The molecule has 2 nitrogen and oxygen atoms in total. The number of fused-ring (bicyclic) bond motifs is 19. The quantitative estimate of drug-likeness (QED) is 0.127. The van der Waals surface area contributed by atoms with Gasteiger partial charge in [-0.05, 0) is 244 Å². The van der Waals surface area contributed by atoms with Gasteiger partial charge in [-0.2, -0.15) is 0 Å². The average molecular weight is 1370 g/mol. The second-order valence-electron chi connectivity index (χ2n) is 30.8. The van der Waals surface area contributed by atoms with Gasteiger partial charge in [0.2, 0.25) is 0 Å². The fourth-order valence-corrected chi connectivity index (χ4v) is 20.3. The Morgan fingerprint density at radius 2 is 0.477 bits per heavy atom. The lowest BCUT2D eigenvalue weighted by molar-refractivity contribution is 0.660. The molecule has 5 aliphatic rings. The average Bonchev–Trinajstić information content (AvgIpc) is 1.51. The molecule has 0 heterocycles. The molecule has 0 N–H and O–H groups in total. The first-order chi connectivity index (χ1) is 52.5. The molecule has 5 aliphatic carbocycles. The maximum absolute atomic E-state index is 2.54. The van der Waals surface area contributed by atoms with Crippen LogP contribution >= 0.6 is 0 Å². The monoisotopic (exact) mass is 1360 g/mol. The molecule has 107 heavy (non-hydrogen) atoms. The number of anilines is 6. The van der Waals surface area contributed by atoms with Crippen LogP contribution in [-0.4, -0.2) is 0 Å². The van der Waals surface area contributed by atoms with Crippen molar-refractivity contribution in [3.05, 3.63) is 465 Å². The Balaban J connectivity index is 0.732. The molecule has 0 saturated heterocycles. The van der Waals surface area contributed by atoms with Crippen LogP contribution in [-0.2, 0) is 21.7 Å². The molecule has 506 valence electrons. The largest absolute Gasteiger partial charge is 0.310 e. The Hall–Kier alpha value is -12.9. The summed E-state index contributed by atoms with van der Waals surface area (Å²) in [5.41, 5.74) is 41.7. The molecular weight excluding hydrogens is 1290 g/mol. The molecule has 2 heteroatoms. The van der Waals surface area contributed by atoms with E-state index in [0.717, 1.165) is 39.7 Å². The predicted molar refractivity (Wildman–Crippen MR) is 444 cm³/mol. The van der Waals surface area contributed by atoms with E-state index in [1.54, 1.807) is 0 Å². The molecule has 0 unspecified atom stereocenters. The van der Waals surface area contributed by atoms with Crippen molar-refractivity contribution in [1.82, 2.24) is 0 Å². The van der Waals surface area contributed by atoms with Crippen molar-refractivity contribution in [1.29, 1.82) is 0 Å². The van der Waals surface area contributed by atoms with E-state index in [4.69, 9.17) is 0 Å². The van der Waals surface area contributed by atoms with E-state index in [1.165, 1.54) is 156 Å². The lowest BCUT2D eigenvalue weighted by Gasteiger charge is -2.36.